The Morgan fingerprint density at radius 2 is 0.277 bits per heavy atom. The van der Waals surface area contributed by atoms with E-state index in [9.17, 15) is 0 Å². The van der Waals surface area contributed by atoms with Crippen LogP contribution in [0.4, 0.5) is 68.2 Å². The second-order valence-electron chi connectivity index (χ2n) is 28.9. The summed E-state index contributed by atoms with van der Waals surface area (Å²) in [7, 11) is 0. The van der Waals surface area contributed by atoms with Crippen LogP contribution in [0, 0.1) is 27.7 Å². The van der Waals surface area contributed by atoms with Gasteiger partial charge in [-0.3, -0.25) is 0 Å². The first kappa shape index (κ1) is 70.6. The standard InChI is InChI=1S/C108H84N4/c1-77-25-33-81(34-26-77)41-45-85-49-57-93(58-50-85)109(89-17-9-5-10-18-89)97-65-69-101-105(73-97)102-70-66-98(110(90-19-11-6-12-20-90)94-59-51-86(52-60-94)46-42-82-35-27-78(2)28-36-82)75-107(102)104-72-68-100(112(92-23-15-8-16-24-92)96-63-55-88(56-64-96)48-44-84-39-31-80(4)32-40-84)76-108(104)103-71-67-99(74-106(101)103)111(91-21-13-7-14-22-91)95-61-53-87(54-62-95)47-43-83-37-29-79(3)30-38-83/h5-76H,1-4H3. The highest BCUT2D eigenvalue weighted by molar-refractivity contribution is 6.07. The van der Waals surface area contributed by atoms with Crippen LogP contribution >= 0.6 is 0 Å². The van der Waals surface area contributed by atoms with Crippen molar-refractivity contribution in [3.05, 3.63) is 455 Å². The molecule has 1 aliphatic rings. The Bertz CT molecular complexity index is 5280. The smallest absolute Gasteiger partial charge is 0.0468 e. The molecule has 1 aliphatic carbocycles. The number of benzene rings is 16. The van der Waals surface area contributed by atoms with Gasteiger partial charge in [-0.15, -0.1) is 0 Å². The fourth-order valence-electron chi connectivity index (χ4n) is 15.0. The maximum absolute atomic E-state index is 2.44. The van der Waals surface area contributed by atoms with Crippen molar-refractivity contribution < 1.29 is 0 Å². The molecule has 0 amide bonds. The van der Waals surface area contributed by atoms with Crippen molar-refractivity contribution in [2.75, 3.05) is 19.6 Å². The first-order valence-electron chi connectivity index (χ1n) is 38.5. The van der Waals surface area contributed by atoms with Gasteiger partial charge >= 0.3 is 0 Å². The molecule has 0 radical (unpaired) electrons. The zero-order chi connectivity index (χ0) is 75.7. The quantitative estimate of drug-likeness (QED) is 0.0705. The predicted molar refractivity (Wildman–Crippen MR) is 481 cm³/mol. The average Bonchev–Trinajstić information content (AvgIpc) is 0.726. The third kappa shape index (κ3) is 15.7. The van der Waals surface area contributed by atoms with Gasteiger partial charge in [-0.2, -0.15) is 0 Å². The van der Waals surface area contributed by atoms with Gasteiger partial charge in [0.1, 0.15) is 0 Å². The first-order chi connectivity index (χ1) is 55.1. The number of anilines is 12. The molecule has 0 spiro atoms. The van der Waals surface area contributed by atoms with E-state index < -0.39 is 0 Å². The lowest BCUT2D eigenvalue weighted by Gasteiger charge is -2.32. The molecule has 17 rings (SSSR count). The number of nitrogens with zero attached hydrogens (tertiary/aromatic N) is 4. The fourth-order valence-corrected chi connectivity index (χ4v) is 15.0. The van der Waals surface area contributed by atoms with Gasteiger partial charge in [0, 0.05) is 68.2 Å². The molecule has 0 saturated carbocycles. The summed E-state index contributed by atoms with van der Waals surface area (Å²) in [6.07, 6.45) is 17.6. The SMILES string of the molecule is Cc1ccc(C=Cc2ccc(N(c3ccccc3)c3ccc4c(c3)-c3ccc(N(c5ccccc5)c5ccc(C=Cc6ccc(C)cc6)cc5)cc3-c3ccc(N(c5ccccc5)c5ccc(C=Cc6ccc(C)cc6)cc5)cc3-c3ccc(N(c5ccccc5)c5ccc(C=Cc6ccc(C)cc6)cc5)cc3-4)cc2)cc1. The molecular formula is C108H84N4. The summed E-state index contributed by atoms with van der Waals surface area (Å²) in [6, 6.07) is 142. The van der Waals surface area contributed by atoms with Crippen molar-refractivity contribution in [3.63, 3.8) is 0 Å². The van der Waals surface area contributed by atoms with Gasteiger partial charge in [0.2, 0.25) is 0 Å². The fraction of sp³-hybridized carbons (Fsp3) is 0.0370. The van der Waals surface area contributed by atoms with Gasteiger partial charge in [-0.1, -0.05) is 314 Å². The molecule has 536 valence electrons. The molecule has 0 aromatic heterocycles. The van der Waals surface area contributed by atoms with Crippen LogP contribution < -0.4 is 19.6 Å². The Labute approximate surface area is 659 Å². The minimum Gasteiger partial charge on any atom is -0.310 e. The Morgan fingerprint density at radius 3 is 0.446 bits per heavy atom. The highest BCUT2D eigenvalue weighted by atomic mass is 15.2. The molecule has 0 atom stereocenters. The number of para-hydroxylation sites is 4. The first-order valence-corrected chi connectivity index (χ1v) is 38.5. The van der Waals surface area contributed by atoms with Crippen molar-refractivity contribution in [2.24, 2.45) is 0 Å². The summed E-state index contributed by atoms with van der Waals surface area (Å²) in [5.41, 5.74) is 35.4. The second-order valence-corrected chi connectivity index (χ2v) is 28.9. The Kier molecular flexibility index (Phi) is 20.3. The summed E-state index contributed by atoms with van der Waals surface area (Å²) in [5.74, 6) is 0. The highest BCUT2D eigenvalue weighted by Crippen LogP contribution is 2.54. The van der Waals surface area contributed by atoms with Crippen LogP contribution in [0.1, 0.15) is 66.8 Å². The van der Waals surface area contributed by atoms with Crippen LogP contribution in [-0.2, 0) is 0 Å². The number of aryl methyl sites for hydroxylation is 4. The lowest BCUT2D eigenvalue weighted by molar-refractivity contribution is 1.27. The summed E-state index contributed by atoms with van der Waals surface area (Å²) in [4.78, 5) is 9.60. The van der Waals surface area contributed by atoms with Crippen molar-refractivity contribution in [1.29, 1.82) is 0 Å². The highest BCUT2D eigenvalue weighted by Gasteiger charge is 2.29. The second kappa shape index (κ2) is 32.2. The summed E-state index contributed by atoms with van der Waals surface area (Å²) in [5, 5.41) is 0. The van der Waals surface area contributed by atoms with Crippen molar-refractivity contribution in [3.8, 4) is 44.5 Å². The van der Waals surface area contributed by atoms with Gasteiger partial charge in [0.15, 0.2) is 0 Å². The van der Waals surface area contributed by atoms with Gasteiger partial charge in [-0.05, 0) is 262 Å². The van der Waals surface area contributed by atoms with E-state index in [-0.39, 0.29) is 0 Å². The monoisotopic (exact) mass is 1440 g/mol. The van der Waals surface area contributed by atoms with E-state index in [2.05, 4.69) is 484 Å². The average molecular weight is 1440 g/mol. The van der Waals surface area contributed by atoms with Crippen LogP contribution in [0.15, 0.2) is 388 Å². The van der Waals surface area contributed by atoms with E-state index in [4.69, 9.17) is 0 Å². The Balaban J connectivity index is 0.879. The maximum Gasteiger partial charge on any atom is 0.0468 e. The zero-order valence-corrected chi connectivity index (χ0v) is 63.4. The third-order valence-electron chi connectivity index (χ3n) is 21.1. The molecule has 4 nitrogen and oxygen atoms in total. The largest absolute Gasteiger partial charge is 0.310 e. The van der Waals surface area contributed by atoms with Gasteiger partial charge in [0.25, 0.3) is 0 Å². The minimum absolute atomic E-state index is 1.02. The Morgan fingerprint density at radius 1 is 0.134 bits per heavy atom. The van der Waals surface area contributed by atoms with E-state index in [0.29, 0.717) is 0 Å². The van der Waals surface area contributed by atoms with E-state index >= 15 is 0 Å². The van der Waals surface area contributed by atoms with E-state index in [0.717, 1.165) is 157 Å². The van der Waals surface area contributed by atoms with Crippen LogP contribution in [0.25, 0.3) is 93.1 Å². The molecule has 112 heavy (non-hydrogen) atoms. The summed E-state index contributed by atoms with van der Waals surface area (Å²) >= 11 is 0. The maximum atomic E-state index is 2.44. The van der Waals surface area contributed by atoms with Crippen LogP contribution in [-0.4, -0.2) is 0 Å². The van der Waals surface area contributed by atoms with Gasteiger partial charge < -0.3 is 19.6 Å². The minimum atomic E-state index is 1.02. The normalized spacial score (nSPS) is 11.6. The van der Waals surface area contributed by atoms with E-state index in [1.165, 1.54) is 22.3 Å². The van der Waals surface area contributed by atoms with Crippen LogP contribution in [0.2, 0.25) is 0 Å². The van der Waals surface area contributed by atoms with Crippen LogP contribution in [0.5, 0.6) is 0 Å². The Hall–Kier alpha value is -14.3. The lowest BCUT2D eigenvalue weighted by atomic mass is 9.80. The van der Waals surface area contributed by atoms with Crippen molar-refractivity contribution in [1.82, 2.24) is 0 Å². The summed E-state index contributed by atoms with van der Waals surface area (Å²) in [6.45, 7) is 8.52. The molecule has 0 heterocycles. The molecule has 0 N–H and O–H groups in total. The van der Waals surface area contributed by atoms with Crippen molar-refractivity contribution >= 4 is 117 Å². The molecule has 0 unspecified atom stereocenters. The lowest BCUT2D eigenvalue weighted by Crippen LogP contribution is -2.12. The summed E-state index contributed by atoms with van der Waals surface area (Å²) < 4.78 is 0. The molecular weight excluding hydrogens is 1350 g/mol. The topological polar surface area (TPSA) is 13.0 Å². The molecule has 16 aromatic rings. The van der Waals surface area contributed by atoms with Gasteiger partial charge in [-0.25, -0.2) is 0 Å². The van der Waals surface area contributed by atoms with E-state index in [1.54, 1.807) is 0 Å². The molecule has 0 saturated heterocycles. The van der Waals surface area contributed by atoms with Gasteiger partial charge in [0.05, 0.1) is 0 Å². The molecule has 16 aromatic carbocycles. The molecule has 0 aliphatic heterocycles. The number of rotatable bonds is 20. The van der Waals surface area contributed by atoms with Crippen molar-refractivity contribution in [2.45, 2.75) is 27.7 Å². The van der Waals surface area contributed by atoms with Crippen LogP contribution in [0.3, 0.4) is 0 Å². The van der Waals surface area contributed by atoms with E-state index in [1.807, 2.05) is 0 Å². The third-order valence-corrected chi connectivity index (χ3v) is 21.1. The number of hydrogen-bond acceptors (Lipinski definition) is 4. The predicted octanol–water partition coefficient (Wildman–Crippen LogP) is 30.5. The molecule has 4 heteroatoms. The molecule has 0 fully saturated rings. The number of fused-ring (bicyclic) bond motifs is 8. The zero-order valence-electron chi connectivity index (χ0n) is 63.4. The molecule has 0 bridgehead atoms. The number of hydrogen-bond donors (Lipinski definition) is 0.